The van der Waals surface area contributed by atoms with Crippen molar-refractivity contribution >= 4 is 32.5 Å². The summed E-state index contributed by atoms with van der Waals surface area (Å²) in [6.07, 6.45) is 4.48. The number of carbonyl (C=O) groups excluding carboxylic acids is 1. The van der Waals surface area contributed by atoms with Crippen LogP contribution in [0.15, 0.2) is 48.5 Å². The standard InChI is InChI=1S/C21H25N3O3S/c1-3-4-7-16-10-12-17(13-11-16)22-21(25)14-24-19-9-6-5-8-18(19)23-20(24)15-28(2,26)27/h5-6,8-13H,3-4,7,14-15H2,1-2H3,(H,22,25). The Labute approximate surface area is 165 Å². The minimum atomic E-state index is -3.27. The Morgan fingerprint density at radius 2 is 1.82 bits per heavy atom. The number of unbranched alkanes of at least 4 members (excludes halogenated alkanes) is 1. The van der Waals surface area contributed by atoms with E-state index in [4.69, 9.17) is 0 Å². The molecule has 28 heavy (non-hydrogen) atoms. The van der Waals surface area contributed by atoms with Gasteiger partial charge in [-0.2, -0.15) is 0 Å². The molecule has 1 N–H and O–H groups in total. The maximum absolute atomic E-state index is 12.6. The number of aryl methyl sites for hydroxylation is 1. The van der Waals surface area contributed by atoms with E-state index in [2.05, 4.69) is 17.2 Å². The largest absolute Gasteiger partial charge is 0.325 e. The van der Waals surface area contributed by atoms with Gasteiger partial charge < -0.3 is 9.88 Å². The number of imidazole rings is 1. The van der Waals surface area contributed by atoms with Gasteiger partial charge >= 0.3 is 0 Å². The maximum atomic E-state index is 12.6. The van der Waals surface area contributed by atoms with Crippen LogP contribution in [-0.4, -0.2) is 30.1 Å². The third-order valence-electron chi connectivity index (χ3n) is 4.48. The zero-order valence-corrected chi connectivity index (χ0v) is 17.0. The monoisotopic (exact) mass is 399 g/mol. The first kappa shape index (κ1) is 20.1. The molecule has 7 heteroatoms. The van der Waals surface area contributed by atoms with Crippen LogP contribution < -0.4 is 5.32 Å². The van der Waals surface area contributed by atoms with E-state index >= 15 is 0 Å². The number of aromatic nitrogens is 2. The summed E-state index contributed by atoms with van der Waals surface area (Å²) in [5.41, 5.74) is 3.38. The van der Waals surface area contributed by atoms with Gasteiger partial charge in [0.25, 0.3) is 0 Å². The van der Waals surface area contributed by atoms with Crippen LogP contribution in [0.25, 0.3) is 11.0 Å². The van der Waals surface area contributed by atoms with Gasteiger partial charge in [0.05, 0.1) is 11.0 Å². The quantitative estimate of drug-likeness (QED) is 0.628. The number of fused-ring (bicyclic) bond motifs is 1. The molecule has 1 heterocycles. The fraction of sp³-hybridized carbons (Fsp3) is 0.333. The predicted molar refractivity (Wildman–Crippen MR) is 112 cm³/mol. The molecule has 0 aliphatic carbocycles. The van der Waals surface area contributed by atoms with Crippen molar-refractivity contribution in [2.75, 3.05) is 11.6 Å². The van der Waals surface area contributed by atoms with Crippen LogP contribution in [0, 0.1) is 0 Å². The number of para-hydroxylation sites is 2. The summed E-state index contributed by atoms with van der Waals surface area (Å²) in [7, 11) is -3.27. The lowest BCUT2D eigenvalue weighted by atomic mass is 10.1. The highest BCUT2D eigenvalue weighted by atomic mass is 32.2. The van der Waals surface area contributed by atoms with E-state index < -0.39 is 9.84 Å². The molecule has 3 aromatic rings. The van der Waals surface area contributed by atoms with Gasteiger partial charge in [-0.05, 0) is 42.7 Å². The molecule has 0 atom stereocenters. The van der Waals surface area contributed by atoms with Crippen molar-refractivity contribution in [2.45, 2.75) is 38.5 Å². The first-order valence-electron chi connectivity index (χ1n) is 9.36. The molecule has 0 spiro atoms. The Balaban J connectivity index is 1.78. The number of amides is 1. The van der Waals surface area contributed by atoms with E-state index in [9.17, 15) is 13.2 Å². The van der Waals surface area contributed by atoms with Gasteiger partial charge in [-0.25, -0.2) is 13.4 Å². The van der Waals surface area contributed by atoms with Crippen molar-refractivity contribution in [3.05, 3.63) is 59.9 Å². The van der Waals surface area contributed by atoms with Crippen molar-refractivity contribution in [3.8, 4) is 0 Å². The van der Waals surface area contributed by atoms with Gasteiger partial charge in [-0.1, -0.05) is 37.6 Å². The van der Waals surface area contributed by atoms with Crippen molar-refractivity contribution in [1.29, 1.82) is 0 Å². The molecule has 0 bridgehead atoms. The zero-order valence-electron chi connectivity index (χ0n) is 16.2. The molecular weight excluding hydrogens is 374 g/mol. The number of sulfone groups is 1. The maximum Gasteiger partial charge on any atom is 0.244 e. The number of carbonyl (C=O) groups is 1. The van der Waals surface area contributed by atoms with E-state index in [1.54, 1.807) is 4.57 Å². The number of benzene rings is 2. The third kappa shape index (κ3) is 5.19. The summed E-state index contributed by atoms with van der Waals surface area (Å²) in [5, 5.41) is 2.88. The molecule has 2 aromatic carbocycles. The van der Waals surface area contributed by atoms with Gasteiger partial charge in [0.2, 0.25) is 5.91 Å². The predicted octanol–water partition coefficient (Wildman–Crippen LogP) is 3.56. The Hall–Kier alpha value is -2.67. The molecule has 0 aliphatic heterocycles. The minimum absolute atomic E-state index is 0.00293. The number of nitrogens with zero attached hydrogens (tertiary/aromatic N) is 2. The minimum Gasteiger partial charge on any atom is -0.325 e. The second kappa shape index (κ2) is 8.56. The van der Waals surface area contributed by atoms with Crippen molar-refractivity contribution < 1.29 is 13.2 Å². The number of hydrogen-bond donors (Lipinski definition) is 1. The fourth-order valence-electron chi connectivity index (χ4n) is 3.13. The second-order valence-electron chi connectivity index (χ2n) is 7.02. The topological polar surface area (TPSA) is 81.1 Å². The summed E-state index contributed by atoms with van der Waals surface area (Å²) in [5.74, 6) is -0.0610. The molecule has 1 amide bonds. The van der Waals surface area contributed by atoms with Crippen LogP contribution in [0.2, 0.25) is 0 Å². The Bertz CT molecular complexity index is 1070. The van der Waals surface area contributed by atoms with Gasteiger partial charge in [0, 0.05) is 11.9 Å². The molecule has 0 unspecified atom stereocenters. The zero-order chi connectivity index (χ0) is 20.1. The van der Waals surface area contributed by atoms with E-state index in [0.29, 0.717) is 11.3 Å². The van der Waals surface area contributed by atoms with Crippen LogP contribution >= 0.6 is 0 Å². The lowest BCUT2D eigenvalue weighted by Gasteiger charge is -2.10. The Morgan fingerprint density at radius 3 is 2.50 bits per heavy atom. The van der Waals surface area contributed by atoms with Crippen LogP contribution in [0.3, 0.4) is 0 Å². The number of nitrogens with one attached hydrogen (secondary N) is 1. The molecule has 0 saturated heterocycles. The molecule has 6 nitrogen and oxygen atoms in total. The highest BCUT2D eigenvalue weighted by Gasteiger charge is 2.17. The normalized spacial score (nSPS) is 11.6. The van der Waals surface area contributed by atoms with E-state index in [-0.39, 0.29) is 18.2 Å². The lowest BCUT2D eigenvalue weighted by Crippen LogP contribution is -2.21. The summed E-state index contributed by atoms with van der Waals surface area (Å²) >= 11 is 0. The van der Waals surface area contributed by atoms with Crippen LogP contribution in [0.5, 0.6) is 0 Å². The molecule has 148 valence electrons. The van der Waals surface area contributed by atoms with E-state index in [1.165, 1.54) is 5.56 Å². The summed E-state index contributed by atoms with van der Waals surface area (Å²) in [4.78, 5) is 17.0. The molecule has 0 aliphatic rings. The van der Waals surface area contributed by atoms with Crippen molar-refractivity contribution in [3.63, 3.8) is 0 Å². The smallest absolute Gasteiger partial charge is 0.244 e. The molecule has 0 radical (unpaired) electrons. The fourth-order valence-corrected chi connectivity index (χ4v) is 3.82. The molecule has 0 saturated carbocycles. The van der Waals surface area contributed by atoms with Gasteiger partial charge in [-0.3, -0.25) is 4.79 Å². The molecule has 0 fully saturated rings. The van der Waals surface area contributed by atoms with E-state index in [1.807, 2.05) is 48.5 Å². The van der Waals surface area contributed by atoms with Gasteiger partial charge in [0.1, 0.15) is 18.1 Å². The summed E-state index contributed by atoms with van der Waals surface area (Å²) in [6, 6.07) is 15.2. The Kier molecular flexibility index (Phi) is 6.14. The van der Waals surface area contributed by atoms with Crippen LogP contribution in [-0.2, 0) is 33.4 Å². The third-order valence-corrected chi connectivity index (χ3v) is 5.27. The molecular formula is C21H25N3O3S. The highest BCUT2D eigenvalue weighted by molar-refractivity contribution is 7.89. The number of hydrogen-bond acceptors (Lipinski definition) is 4. The van der Waals surface area contributed by atoms with Gasteiger partial charge in [-0.15, -0.1) is 0 Å². The average Bonchev–Trinajstić information content (AvgIpc) is 2.96. The SMILES string of the molecule is CCCCc1ccc(NC(=O)Cn2c(CS(C)(=O)=O)nc3ccccc32)cc1. The second-order valence-corrected chi connectivity index (χ2v) is 9.16. The van der Waals surface area contributed by atoms with Crippen molar-refractivity contribution in [1.82, 2.24) is 9.55 Å². The highest BCUT2D eigenvalue weighted by Crippen LogP contribution is 2.18. The van der Waals surface area contributed by atoms with Crippen LogP contribution in [0.1, 0.15) is 31.2 Å². The van der Waals surface area contributed by atoms with Crippen LogP contribution in [0.4, 0.5) is 5.69 Å². The Morgan fingerprint density at radius 1 is 1.11 bits per heavy atom. The summed E-state index contributed by atoms with van der Waals surface area (Å²) in [6.45, 7) is 2.16. The summed E-state index contributed by atoms with van der Waals surface area (Å²) < 4.78 is 25.2. The van der Waals surface area contributed by atoms with Crippen molar-refractivity contribution in [2.24, 2.45) is 0 Å². The number of anilines is 1. The van der Waals surface area contributed by atoms with Gasteiger partial charge in [0.15, 0.2) is 9.84 Å². The number of rotatable bonds is 8. The lowest BCUT2D eigenvalue weighted by molar-refractivity contribution is -0.116. The first-order valence-corrected chi connectivity index (χ1v) is 11.4. The molecule has 3 rings (SSSR count). The van der Waals surface area contributed by atoms with E-state index in [0.717, 1.165) is 36.7 Å². The first-order chi connectivity index (χ1) is 13.4. The molecule has 1 aromatic heterocycles. The average molecular weight is 400 g/mol.